The second-order valence-corrected chi connectivity index (χ2v) is 6.08. The molecule has 1 aromatic rings. The first-order chi connectivity index (χ1) is 9.47. The molecule has 1 aliphatic heterocycles. The van der Waals surface area contributed by atoms with Gasteiger partial charge in [0.1, 0.15) is 5.82 Å². The predicted octanol–water partition coefficient (Wildman–Crippen LogP) is 2.25. The van der Waals surface area contributed by atoms with Crippen molar-refractivity contribution in [2.24, 2.45) is 5.73 Å². The molecule has 1 aliphatic rings. The summed E-state index contributed by atoms with van der Waals surface area (Å²) < 4.78 is 14.2. The van der Waals surface area contributed by atoms with Gasteiger partial charge < -0.3 is 10.6 Å². The molecule has 1 saturated heterocycles. The summed E-state index contributed by atoms with van der Waals surface area (Å²) in [4.78, 5) is 4.57. The van der Waals surface area contributed by atoms with Crippen molar-refractivity contribution in [3.05, 3.63) is 29.6 Å². The number of hydrogen-bond acceptors (Lipinski definition) is 3. The van der Waals surface area contributed by atoms with E-state index in [0.717, 1.165) is 43.9 Å². The Morgan fingerprint density at radius 2 is 1.80 bits per heavy atom. The van der Waals surface area contributed by atoms with Crippen molar-refractivity contribution < 1.29 is 4.39 Å². The van der Waals surface area contributed by atoms with Gasteiger partial charge in [0, 0.05) is 38.3 Å². The summed E-state index contributed by atoms with van der Waals surface area (Å²) in [6, 6.07) is 6.16. The van der Waals surface area contributed by atoms with Crippen LogP contribution < -0.4 is 10.6 Å². The van der Waals surface area contributed by atoms with Crippen LogP contribution in [-0.4, -0.2) is 43.2 Å². The van der Waals surface area contributed by atoms with Crippen molar-refractivity contribution >= 4 is 5.69 Å². The molecule has 0 aliphatic carbocycles. The quantitative estimate of drug-likeness (QED) is 0.917. The third-order valence-electron chi connectivity index (χ3n) is 3.96. The maximum Gasteiger partial charge on any atom is 0.146 e. The van der Waals surface area contributed by atoms with Crippen molar-refractivity contribution in [3.8, 4) is 0 Å². The lowest BCUT2D eigenvalue weighted by molar-refractivity contribution is 0.209. The highest BCUT2D eigenvalue weighted by molar-refractivity contribution is 5.49. The lowest BCUT2D eigenvalue weighted by Crippen LogP contribution is -2.49. The highest BCUT2D eigenvalue weighted by Crippen LogP contribution is 2.23. The molecule has 1 aromatic carbocycles. The summed E-state index contributed by atoms with van der Waals surface area (Å²) in [6.07, 6.45) is 0.721. The Kier molecular flexibility index (Phi) is 5.00. The monoisotopic (exact) mass is 279 g/mol. The molecule has 0 saturated carbocycles. The topological polar surface area (TPSA) is 32.5 Å². The van der Waals surface area contributed by atoms with E-state index >= 15 is 0 Å². The van der Waals surface area contributed by atoms with Crippen LogP contribution in [0.1, 0.15) is 26.3 Å². The van der Waals surface area contributed by atoms with Crippen LogP contribution in [0.2, 0.25) is 0 Å². The van der Waals surface area contributed by atoms with E-state index in [1.165, 1.54) is 0 Å². The normalized spacial score (nSPS) is 18.6. The number of nitrogens with two attached hydrogens (primary N) is 1. The molecule has 20 heavy (non-hydrogen) atoms. The fraction of sp³-hybridized carbons (Fsp3) is 0.625. The fourth-order valence-electron chi connectivity index (χ4n) is 2.78. The molecule has 112 valence electrons. The minimum atomic E-state index is -0.124. The number of anilines is 1. The minimum absolute atomic E-state index is 0.0647. The number of nitrogens with zero attached hydrogens (tertiary/aromatic N) is 2. The van der Waals surface area contributed by atoms with Crippen LogP contribution >= 0.6 is 0 Å². The highest BCUT2D eigenvalue weighted by Gasteiger charge is 2.21. The molecule has 2 N–H and O–H groups in total. The smallest absolute Gasteiger partial charge is 0.146 e. The molecule has 1 heterocycles. The van der Waals surface area contributed by atoms with E-state index < -0.39 is 0 Å². The van der Waals surface area contributed by atoms with Gasteiger partial charge in [-0.1, -0.05) is 6.07 Å². The predicted molar refractivity (Wildman–Crippen MR) is 82.7 cm³/mol. The molecule has 3 nitrogen and oxygen atoms in total. The van der Waals surface area contributed by atoms with Gasteiger partial charge in [-0.05, 0) is 44.9 Å². The molecule has 0 radical (unpaired) electrons. The lowest BCUT2D eigenvalue weighted by atomic mass is 10.1. The number of halogens is 1. The Bertz CT molecular complexity index is 437. The highest BCUT2D eigenvalue weighted by atomic mass is 19.1. The summed E-state index contributed by atoms with van der Waals surface area (Å²) >= 11 is 0. The van der Waals surface area contributed by atoms with Crippen molar-refractivity contribution in [1.82, 2.24) is 4.90 Å². The van der Waals surface area contributed by atoms with Crippen LogP contribution in [-0.2, 0) is 6.42 Å². The van der Waals surface area contributed by atoms with Gasteiger partial charge >= 0.3 is 0 Å². The summed E-state index contributed by atoms with van der Waals surface area (Å²) in [6.45, 7) is 10.1. The molecule has 0 spiro atoms. The van der Waals surface area contributed by atoms with E-state index in [1.54, 1.807) is 6.07 Å². The third-order valence-corrected chi connectivity index (χ3v) is 3.96. The minimum Gasteiger partial charge on any atom is -0.367 e. The second-order valence-electron chi connectivity index (χ2n) is 6.08. The lowest BCUT2D eigenvalue weighted by Gasteiger charge is -2.38. The van der Waals surface area contributed by atoms with Gasteiger partial charge in [-0.3, -0.25) is 4.90 Å². The van der Waals surface area contributed by atoms with E-state index in [2.05, 4.69) is 23.6 Å². The van der Waals surface area contributed by atoms with Gasteiger partial charge in [0.25, 0.3) is 0 Å². The van der Waals surface area contributed by atoms with Crippen LogP contribution in [0, 0.1) is 5.82 Å². The second kappa shape index (κ2) is 6.55. The number of piperazine rings is 1. The Hall–Kier alpha value is -1.13. The SMILES string of the molecule is CC(N)Cc1ccc(N2CCN(C(C)C)CC2)c(F)c1. The maximum atomic E-state index is 14.2. The van der Waals surface area contributed by atoms with E-state index in [9.17, 15) is 4.39 Å². The van der Waals surface area contributed by atoms with Crippen LogP contribution in [0.3, 0.4) is 0 Å². The largest absolute Gasteiger partial charge is 0.367 e. The van der Waals surface area contributed by atoms with Gasteiger partial charge in [0.2, 0.25) is 0 Å². The zero-order valence-corrected chi connectivity index (χ0v) is 12.8. The van der Waals surface area contributed by atoms with E-state index in [4.69, 9.17) is 5.73 Å². The number of rotatable bonds is 4. The molecule has 1 fully saturated rings. The molecule has 0 amide bonds. The fourth-order valence-corrected chi connectivity index (χ4v) is 2.78. The van der Waals surface area contributed by atoms with Gasteiger partial charge in [-0.15, -0.1) is 0 Å². The zero-order chi connectivity index (χ0) is 14.7. The number of hydrogen-bond donors (Lipinski definition) is 1. The third kappa shape index (κ3) is 3.70. The van der Waals surface area contributed by atoms with Gasteiger partial charge in [0.05, 0.1) is 5.69 Å². The summed E-state index contributed by atoms with van der Waals surface area (Å²) in [5.74, 6) is -0.124. The molecule has 0 aromatic heterocycles. The zero-order valence-electron chi connectivity index (χ0n) is 12.8. The molecule has 2 rings (SSSR count). The average molecular weight is 279 g/mol. The Balaban J connectivity index is 2.03. The summed E-state index contributed by atoms with van der Waals surface area (Å²) in [7, 11) is 0. The average Bonchev–Trinajstić information content (AvgIpc) is 2.38. The Morgan fingerprint density at radius 1 is 1.15 bits per heavy atom. The van der Waals surface area contributed by atoms with Crippen molar-refractivity contribution in [3.63, 3.8) is 0 Å². The Morgan fingerprint density at radius 3 is 2.30 bits per heavy atom. The first-order valence-corrected chi connectivity index (χ1v) is 7.50. The van der Waals surface area contributed by atoms with Gasteiger partial charge in [-0.25, -0.2) is 4.39 Å². The molecule has 0 bridgehead atoms. The van der Waals surface area contributed by atoms with Crippen LogP contribution in [0.25, 0.3) is 0 Å². The van der Waals surface area contributed by atoms with Gasteiger partial charge in [0.15, 0.2) is 0 Å². The summed E-state index contributed by atoms with van der Waals surface area (Å²) in [5, 5.41) is 0. The van der Waals surface area contributed by atoms with Crippen LogP contribution in [0.4, 0.5) is 10.1 Å². The van der Waals surface area contributed by atoms with Crippen LogP contribution in [0.5, 0.6) is 0 Å². The number of benzene rings is 1. The summed E-state index contributed by atoms with van der Waals surface area (Å²) in [5.41, 5.74) is 7.46. The van der Waals surface area contributed by atoms with E-state index in [1.807, 2.05) is 19.1 Å². The Labute approximate surface area is 121 Å². The molecule has 4 heteroatoms. The molecule has 1 unspecified atom stereocenters. The van der Waals surface area contributed by atoms with Crippen molar-refractivity contribution in [2.45, 2.75) is 39.3 Å². The van der Waals surface area contributed by atoms with E-state index in [-0.39, 0.29) is 11.9 Å². The standard InChI is InChI=1S/C16H26FN3/c1-12(2)19-6-8-20(9-7-19)16-5-4-14(10-13(3)18)11-15(16)17/h4-5,11-13H,6-10,18H2,1-3H3. The van der Waals surface area contributed by atoms with E-state index in [0.29, 0.717) is 6.04 Å². The molecular formula is C16H26FN3. The molecular weight excluding hydrogens is 253 g/mol. The first-order valence-electron chi connectivity index (χ1n) is 7.50. The van der Waals surface area contributed by atoms with Crippen molar-refractivity contribution in [2.75, 3.05) is 31.1 Å². The first kappa shape index (κ1) is 15.3. The molecule has 1 atom stereocenters. The van der Waals surface area contributed by atoms with Gasteiger partial charge in [-0.2, -0.15) is 0 Å². The van der Waals surface area contributed by atoms with Crippen molar-refractivity contribution in [1.29, 1.82) is 0 Å². The maximum absolute atomic E-state index is 14.2. The van der Waals surface area contributed by atoms with Crippen LogP contribution in [0.15, 0.2) is 18.2 Å².